The van der Waals surface area contributed by atoms with E-state index in [1.807, 2.05) is 48.7 Å². The summed E-state index contributed by atoms with van der Waals surface area (Å²) in [6, 6.07) is 22.0. The van der Waals surface area contributed by atoms with E-state index in [4.69, 9.17) is 0 Å². The van der Waals surface area contributed by atoms with E-state index in [-0.39, 0.29) is 5.57 Å². The van der Waals surface area contributed by atoms with Crippen molar-refractivity contribution >= 4 is 39.9 Å². The van der Waals surface area contributed by atoms with E-state index < -0.39 is 5.91 Å². The maximum Gasteiger partial charge on any atom is 0.267 e. The molecule has 0 atom stereocenters. The van der Waals surface area contributed by atoms with E-state index >= 15 is 0 Å². The van der Waals surface area contributed by atoms with Crippen LogP contribution in [0.5, 0.6) is 0 Å². The Labute approximate surface area is 172 Å². The lowest BCUT2D eigenvalue weighted by atomic mass is 10.00. The van der Waals surface area contributed by atoms with Gasteiger partial charge in [0.05, 0.1) is 0 Å². The van der Waals surface area contributed by atoms with Crippen molar-refractivity contribution in [2.45, 2.75) is 6.92 Å². The average Bonchev–Trinajstić information content (AvgIpc) is 3.21. The van der Waals surface area contributed by atoms with Crippen LogP contribution in [0.4, 0.5) is 5.82 Å². The van der Waals surface area contributed by atoms with Gasteiger partial charge in [-0.2, -0.15) is 5.26 Å². The molecular weight excluding hydrogens is 378 g/mol. The number of aryl methyl sites for hydroxylation is 1. The minimum atomic E-state index is -0.469. The van der Waals surface area contributed by atoms with Gasteiger partial charge in [-0.25, -0.2) is 4.98 Å². The fourth-order valence-electron chi connectivity index (χ4n) is 3.06. The maximum atomic E-state index is 12.4. The summed E-state index contributed by atoms with van der Waals surface area (Å²) in [7, 11) is 0. The number of carbonyl (C=O) groups is 1. The normalized spacial score (nSPS) is 11.2. The van der Waals surface area contributed by atoms with Gasteiger partial charge >= 0.3 is 0 Å². The summed E-state index contributed by atoms with van der Waals surface area (Å²) in [6.07, 6.45) is 3.28. The molecule has 0 bridgehead atoms. The summed E-state index contributed by atoms with van der Waals surface area (Å²) in [5.41, 5.74) is 3.24. The zero-order valence-electron chi connectivity index (χ0n) is 15.7. The number of anilines is 1. The van der Waals surface area contributed by atoms with Crippen molar-refractivity contribution in [3.8, 4) is 17.2 Å². The third-order valence-corrected chi connectivity index (χ3v) is 5.40. The zero-order valence-corrected chi connectivity index (χ0v) is 16.5. The number of fused-ring (bicyclic) bond motifs is 1. The number of rotatable bonds is 4. The molecule has 0 aliphatic carbocycles. The number of hydrogen-bond donors (Lipinski definition) is 1. The lowest BCUT2D eigenvalue weighted by Crippen LogP contribution is -2.14. The Kier molecular flexibility index (Phi) is 5.19. The van der Waals surface area contributed by atoms with E-state index in [0.29, 0.717) is 5.82 Å². The highest BCUT2D eigenvalue weighted by Crippen LogP contribution is 2.32. The molecule has 4 nitrogen and oxygen atoms in total. The number of nitriles is 1. The molecule has 0 saturated heterocycles. The highest BCUT2D eigenvalue weighted by molar-refractivity contribution is 7.11. The largest absolute Gasteiger partial charge is 0.306 e. The average molecular weight is 395 g/mol. The SMILES string of the molecule is Cc1ccc(NC(=O)/C(C#N)=C/c2cc(-c3cccc4ccccc34)cs2)nc1. The first-order valence-corrected chi connectivity index (χ1v) is 9.94. The van der Waals surface area contributed by atoms with Crippen LogP contribution in [0.25, 0.3) is 28.0 Å². The Morgan fingerprint density at radius 3 is 2.76 bits per heavy atom. The van der Waals surface area contributed by atoms with Crippen LogP contribution in [0.2, 0.25) is 0 Å². The van der Waals surface area contributed by atoms with Gasteiger partial charge in [-0.1, -0.05) is 48.5 Å². The summed E-state index contributed by atoms with van der Waals surface area (Å²) in [4.78, 5) is 17.4. The molecule has 4 rings (SSSR count). The summed E-state index contributed by atoms with van der Waals surface area (Å²) >= 11 is 1.50. The van der Waals surface area contributed by atoms with Crippen molar-refractivity contribution in [3.63, 3.8) is 0 Å². The molecule has 0 aliphatic heterocycles. The lowest BCUT2D eigenvalue weighted by molar-refractivity contribution is -0.112. The predicted octanol–water partition coefficient (Wildman–Crippen LogP) is 5.82. The smallest absolute Gasteiger partial charge is 0.267 e. The molecule has 1 amide bonds. The van der Waals surface area contributed by atoms with Crippen LogP contribution in [0, 0.1) is 18.3 Å². The molecular formula is C24H17N3OS. The van der Waals surface area contributed by atoms with Crippen LogP contribution in [0.1, 0.15) is 10.4 Å². The number of amides is 1. The Hall–Kier alpha value is -3.75. The topological polar surface area (TPSA) is 65.8 Å². The minimum Gasteiger partial charge on any atom is -0.306 e. The molecule has 5 heteroatoms. The summed E-state index contributed by atoms with van der Waals surface area (Å²) < 4.78 is 0. The monoisotopic (exact) mass is 395 g/mol. The molecule has 0 fully saturated rings. The second kappa shape index (κ2) is 8.09. The number of nitrogens with one attached hydrogen (secondary N) is 1. The van der Waals surface area contributed by atoms with Gasteiger partial charge in [-0.3, -0.25) is 4.79 Å². The highest BCUT2D eigenvalue weighted by Gasteiger charge is 2.12. The molecule has 0 unspecified atom stereocenters. The Morgan fingerprint density at radius 2 is 1.97 bits per heavy atom. The molecule has 2 aromatic heterocycles. The molecule has 0 aliphatic rings. The first-order valence-electron chi connectivity index (χ1n) is 9.06. The van der Waals surface area contributed by atoms with Crippen molar-refractivity contribution in [2.24, 2.45) is 0 Å². The number of thiophene rings is 1. The molecule has 0 spiro atoms. The Morgan fingerprint density at radius 1 is 1.14 bits per heavy atom. The summed E-state index contributed by atoms with van der Waals surface area (Å²) in [6.45, 7) is 1.92. The second-order valence-corrected chi connectivity index (χ2v) is 7.55. The number of pyridine rings is 1. The summed E-state index contributed by atoms with van der Waals surface area (Å²) in [5.74, 6) is -0.0478. The number of carbonyl (C=O) groups excluding carboxylic acids is 1. The second-order valence-electron chi connectivity index (χ2n) is 6.61. The van der Waals surface area contributed by atoms with Crippen molar-refractivity contribution in [1.82, 2.24) is 4.98 Å². The molecule has 1 N–H and O–H groups in total. The minimum absolute atomic E-state index is 0.0405. The zero-order chi connectivity index (χ0) is 20.2. The fourth-order valence-corrected chi connectivity index (χ4v) is 3.90. The Bertz CT molecular complexity index is 1260. The quantitative estimate of drug-likeness (QED) is 0.350. The van der Waals surface area contributed by atoms with Crippen molar-refractivity contribution in [1.29, 1.82) is 5.26 Å². The van der Waals surface area contributed by atoms with Crippen molar-refractivity contribution in [3.05, 3.63) is 88.3 Å². The van der Waals surface area contributed by atoms with Gasteiger partial charge in [-0.15, -0.1) is 11.3 Å². The predicted molar refractivity (Wildman–Crippen MR) is 118 cm³/mol. The number of hydrogen-bond acceptors (Lipinski definition) is 4. The van der Waals surface area contributed by atoms with Crippen LogP contribution in [-0.4, -0.2) is 10.9 Å². The van der Waals surface area contributed by atoms with Crippen LogP contribution < -0.4 is 5.32 Å². The van der Waals surface area contributed by atoms with Gasteiger partial charge in [0.25, 0.3) is 5.91 Å². The van der Waals surface area contributed by atoms with Gasteiger partial charge < -0.3 is 5.32 Å². The highest BCUT2D eigenvalue weighted by atomic mass is 32.1. The van der Waals surface area contributed by atoms with Crippen LogP contribution >= 0.6 is 11.3 Å². The first-order chi connectivity index (χ1) is 14.1. The standard InChI is InChI=1S/C24H17N3OS/c1-16-9-10-23(26-14-16)27-24(28)18(13-25)11-20-12-19(15-29-20)22-8-4-6-17-5-2-3-7-21(17)22/h2-12,14-15H,1H3,(H,26,27,28)/b18-11+. The molecule has 140 valence electrons. The maximum absolute atomic E-state index is 12.4. The molecule has 0 radical (unpaired) electrons. The molecule has 4 aromatic rings. The number of benzene rings is 2. The van der Waals surface area contributed by atoms with E-state index in [1.54, 1.807) is 18.3 Å². The Balaban J connectivity index is 1.61. The van der Waals surface area contributed by atoms with E-state index in [1.165, 1.54) is 22.1 Å². The molecule has 2 heterocycles. The first kappa shape index (κ1) is 18.6. The third-order valence-electron chi connectivity index (χ3n) is 4.53. The van der Waals surface area contributed by atoms with Gasteiger partial charge in [0.2, 0.25) is 0 Å². The van der Waals surface area contributed by atoms with Gasteiger partial charge in [0.15, 0.2) is 0 Å². The van der Waals surface area contributed by atoms with Crippen LogP contribution in [-0.2, 0) is 4.79 Å². The van der Waals surface area contributed by atoms with Gasteiger partial charge in [-0.05, 0) is 58.0 Å². The van der Waals surface area contributed by atoms with Crippen LogP contribution in [0.15, 0.2) is 77.8 Å². The van der Waals surface area contributed by atoms with Crippen molar-refractivity contribution in [2.75, 3.05) is 5.32 Å². The van der Waals surface area contributed by atoms with Gasteiger partial charge in [0.1, 0.15) is 17.5 Å². The lowest BCUT2D eigenvalue weighted by Gasteiger charge is -2.04. The van der Waals surface area contributed by atoms with Gasteiger partial charge in [0, 0.05) is 11.1 Å². The van der Waals surface area contributed by atoms with E-state index in [0.717, 1.165) is 21.6 Å². The summed E-state index contributed by atoms with van der Waals surface area (Å²) in [5, 5.41) is 16.5. The molecule has 29 heavy (non-hydrogen) atoms. The third kappa shape index (κ3) is 4.08. The molecule has 0 saturated carbocycles. The van der Waals surface area contributed by atoms with Crippen LogP contribution in [0.3, 0.4) is 0 Å². The number of aromatic nitrogens is 1. The molecule has 2 aromatic carbocycles. The fraction of sp³-hybridized carbons (Fsp3) is 0.0417. The van der Waals surface area contributed by atoms with Crippen molar-refractivity contribution < 1.29 is 4.79 Å². The van der Waals surface area contributed by atoms with E-state index in [9.17, 15) is 10.1 Å². The number of nitrogens with zero attached hydrogens (tertiary/aromatic N) is 2. The van der Waals surface area contributed by atoms with E-state index in [2.05, 4.69) is 34.6 Å².